The molecule has 2 nitrogen and oxygen atoms in total. The maximum absolute atomic E-state index is 13.1. The monoisotopic (exact) mass is 225 g/mol. The largest absolute Gasteiger partial charge is 0.495 e. The fourth-order valence-corrected chi connectivity index (χ4v) is 1.73. The Bertz CT molecular complexity index is 339. The van der Waals surface area contributed by atoms with E-state index in [-0.39, 0.29) is 5.82 Å². The summed E-state index contributed by atoms with van der Waals surface area (Å²) in [6, 6.07) is 4.85. The van der Waals surface area contributed by atoms with Crippen LogP contribution in [0, 0.1) is 11.7 Å². The molecular weight excluding hydrogens is 205 g/mol. The summed E-state index contributed by atoms with van der Waals surface area (Å²) in [7, 11) is 1.59. The van der Waals surface area contributed by atoms with E-state index in [9.17, 15) is 4.39 Å². The van der Waals surface area contributed by atoms with Crippen molar-refractivity contribution in [1.29, 1.82) is 0 Å². The summed E-state index contributed by atoms with van der Waals surface area (Å²) in [5, 5.41) is 3.32. The number of halogens is 1. The molecule has 1 atom stereocenters. The maximum Gasteiger partial charge on any atom is 0.142 e. The number of hydrogen-bond acceptors (Lipinski definition) is 2. The van der Waals surface area contributed by atoms with Gasteiger partial charge in [-0.05, 0) is 24.5 Å². The molecule has 0 spiro atoms. The Labute approximate surface area is 96.8 Å². The molecule has 1 rings (SSSR count). The first-order chi connectivity index (χ1) is 7.58. The molecule has 3 heteroatoms. The highest BCUT2D eigenvalue weighted by molar-refractivity contribution is 5.57. The minimum atomic E-state index is -0.248. The van der Waals surface area contributed by atoms with Crippen molar-refractivity contribution in [2.75, 3.05) is 12.4 Å². The average Bonchev–Trinajstić information content (AvgIpc) is 2.25. The lowest BCUT2D eigenvalue weighted by Crippen LogP contribution is -2.24. The maximum atomic E-state index is 13.1. The molecule has 0 aromatic heterocycles. The zero-order chi connectivity index (χ0) is 12.1. The van der Waals surface area contributed by atoms with Crippen LogP contribution in [0.5, 0.6) is 5.75 Å². The summed E-state index contributed by atoms with van der Waals surface area (Å²) < 4.78 is 18.3. The summed E-state index contributed by atoms with van der Waals surface area (Å²) in [5.41, 5.74) is 0.725. The van der Waals surface area contributed by atoms with Crippen LogP contribution >= 0.6 is 0 Å². The Balaban J connectivity index is 2.89. The first kappa shape index (κ1) is 12.8. The molecule has 0 aliphatic heterocycles. The second-order valence-electron chi connectivity index (χ2n) is 4.25. The van der Waals surface area contributed by atoms with Crippen LogP contribution < -0.4 is 10.1 Å². The van der Waals surface area contributed by atoms with E-state index < -0.39 is 0 Å². The number of methoxy groups -OCH3 is 1. The third-order valence-electron chi connectivity index (χ3n) is 2.75. The quantitative estimate of drug-likeness (QED) is 0.825. The molecule has 1 aromatic carbocycles. The molecule has 0 heterocycles. The van der Waals surface area contributed by atoms with Crippen LogP contribution in [0.2, 0.25) is 0 Å². The van der Waals surface area contributed by atoms with Crippen LogP contribution in [0.1, 0.15) is 27.2 Å². The molecule has 0 amide bonds. The van der Waals surface area contributed by atoms with E-state index >= 15 is 0 Å². The van der Waals surface area contributed by atoms with Gasteiger partial charge in [-0.3, -0.25) is 0 Å². The zero-order valence-electron chi connectivity index (χ0n) is 10.4. The van der Waals surface area contributed by atoms with E-state index in [0.717, 1.165) is 12.1 Å². The van der Waals surface area contributed by atoms with Crippen molar-refractivity contribution in [1.82, 2.24) is 0 Å². The first-order valence-corrected chi connectivity index (χ1v) is 5.68. The van der Waals surface area contributed by atoms with Crippen molar-refractivity contribution >= 4 is 5.69 Å². The smallest absolute Gasteiger partial charge is 0.142 e. The molecular formula is C13H20FNO. The summed E-state index contributed by atoms with van der Waals surface area (Å²) in [6.45, 7) is 6.41. The van der Waals surface area contributed by atoms with Gasteiger partial charge in [-0.1, -0.05) is 20.8 Å². The Morgan fingerprint density at radius 1 is 1.38 bits per heavy atom. The molecule has 0 radical (unpaired) electrons. The van der Waals surface area contributed by atoms with Gasteiger partial charge in [0.15, 0.2) is 0 Å². The second-order valence-corrected chi connectivity index (χ2v) is 4.25. The van der Waals surface area contributed by atoms with Crippen LogP contribution in [0.15, 0.2) is 18.2 Å². The molecule has 0 bridgehead atoms. The molecule has 0 fully saturated rings. The molecule has 16 heavy (non-hydrogen) atoms. The van der Waals surface area contributed by atoms with Crippen molar-refractivity contribution in [2.45, 2.75) is 33.2 Å². The molecule has 0 aliphatic carbocycles. The summed E-state index contributed by atoms with van der Waals surface area (Å²) in [4.78, 5) is 0. The van der Waals surface area contributed by atoms with E-state index in [0.29, 0.717) is 17.7 Å². The number of nitrogens with one attached hydrogen (secondary N) is 1. The first-order valence-electron chi connectivity index (χ1n) is 5.68. The van der Waals surface area contributed by atoms with Gasteiger partial charge < -0.3 is 10.1 Å². The number of hydrogen-bond donors (Lipinski definition) is 1. The molecule has 0 saturated carbocycles. The predicted molar refractivity (Wildman–Crippen MR) is 65.5 cm³/mol. The zero-order valence-corrected chi connectivity index (χ0v) is 10.4. The van der Waals surface area contributed by atoms with Crippen molar-refractivity contribution < 1.29 is 9.13 Å². The lowest BCUT2D eigenvalue weighted by Gasteiger charge is -2.23. The third-order valence-corrected chi connectivity index (χ3v) is 2.75. The second kappa shape index (κ2) is 5.73. The highest BCUT2D eigenvalue weighted by atomic mass is 19.1. The molecule has 1 N–H and O–H groups in total. The van der Waals surface area contributed by atoms with Crippen molar-refractivity contribution in [3.63, 3.8) is 0 Å². The van der Waals surface area contributed by atoms with Crippen molar-refractivity contribution in [3.05, 3.63) is 24.0 Å². The van der Waals surface area contributed by atoms with E-state index in [1.807, 2.05) is 0 Å². The number of ether oxygens (including phenoxy) is 1. The number of benzene rings is 1. The lowest BCUT2D eigenvalue weighted by atomic mass is 10.0. The van der Waals surface area contributed by atoms with Crippen molar-refractivity contribution in [3.8, 4) is 5.75 Å². The normalized spacial score (nSPS) is 12.6. The van der Waals surface area contributed by atoms with Gasteiger partial charge >= 0.3 is 0 Å². The van der Waals surface area contributed by atoms with Gasteiger partial charge in [0.1, 0.15) is 11.6 Å². The van der Waals surface area contributed by atoms with Crippen LogP contribution in [0.25, 0.3) is 0 Å². The molecule has 1 aromatic rings. The average molecular weight is 225 g/mol. The SMILES string of the molecule is CCC(Nc1cc(F)ccc1OC)C(C)C. The van der Waals surface area contributed by atoms with E-state index in [1.165, 1.54) is 12.1 Å². The molecule has 1 unspecified atom stereocenters. The third kappa shape index (κ3) is 3.12. The van der Waals surface area contributed by atoms with Gasteiger partial charge in [0.05, 0.1) is 12.8 Å². The van der Waals surface area contributed by atoms with Crippen LogP contribution in [0.3, 0.4) is 0 Å². The Kier molecular flexibility index (Phi) is 4.59. The Morgan fingerprint density at radius 2 is 2.06 bits per heavy atom. The fourth-order valence-electron chi connectivity index (χ4n) is 1.73. The van der Waals surface area contributed by atoms with Gasteiger partial charge in [-0.2, -0.15) is 0 Å². The summed E-state index contributed by atoms with van der Waals surface area (Å²) in [6.07, 6.45) is 0.997. The summed E-state index contributed by atoms with van der Waals surface area (Å²) in [5.74, 6) is 0.931. The molecule has 0 saturated heterocycles. The highest BCUT2D eigenvalue weighted by Crippen LogP contribution is 2.27. The van der Waals surface area contributed by atoms with E-state index in [4.69, 9.17) is 4.74 Å². The molecule has 0 aliphatic rings. The Hall–Kier alpha value is -1.25. The lowest BCUT2D eigenvalue weighted by molar-refractivity contribution is 0.413. The molecule has 90 valence electrons. The topological polar surface area (TPSA) is 21.3 Å². The Morgan fingerprint density at radius 3 is 2.56 bits per heavy atom. The minimum absolute atomic E-state index is 0.248. The fraction of sp³-hybridized carbons (Fsp3) is 0.538. The van der Waals surface area contributed by atoms with Crippen LogP contribution in [-0.4, -0.2) is 13.2 Å². The van der Waals surface area contributed by atoms with Crippen molar-refractivity contribution in [2.24, 2.45) is 5.92 Å². The predicted octanol–water partition coefficient (Wildman–Crippen LogP) is 3.68. The van der Waals surface area contributed by atoms with E-state index in [2.05, 4.69) is 26.1 Å². The summed E-state index contributed by atoms with van der Waals surface area (Å²) >= 11 is 0. The number of rotatable bonds is 5. The van der Waals surface area contributed by atoms with Crippen LogP contribution in [0.4, 0.5) is 10.1 Å². The van der Waals surface area contributed by atoms with Crippen LogP contribution in [-0.2, 0) is 0 Å². The van der Waals surface area contributed by atoms with E-state index in [1.54, 1.807) is 13.2 Å². The van der Waals surface area contributed by atoms with Gasteiger partial charge in [0, 0.05) is 12.1 Å². The minimum Gasteiger partial charge on any atom is -0.495 e. The van der Waals surface area contributed by atoms with Gasteiger partial charge in [-0.25, -0.2) is 4.39 Å². The highest BCUT2D eigenvalue weighted by Gasteiger charge is 2.13. The standard InChI is InChI=1S/C13H20FNO/c1-5-11(9(2)3)15-12-8-10(14)6-7-13(12)16-4/h6-9,11,15H,5H2,1-4H3. The van der Waals surface area contributed by atoms with Gasteiger partial charge in [-0.15, -0.1) is 0 Å². The number of anilines is 1. The van der Waals surface area contributed by atoms with Gasteiger partial charge in [0.25, 0.3) is 0 Å². The van der Waals surface area contributed by atoms with Gasteiger partial charge in [0.2, 0.25) is 0 Å².